The molecule has 4 aliphatic rings. The smallest absolute Gasteiger partial charge is 0.312 e. The summed E-state index contributed by atoms with van der Waals surface area (Å²) in [7, 11) is 2.88. The van der Waals surface area contributed by atoms with Crippen molar-refractivity contribution in [2.45, 2.75) is 51.6 Å². The molecule has 0 aliphatic heterocycles. The molecule has 0 heterocycles. The molecule has 4 fully saturated rings. The molecule has 0 aromatic heterocycles. The molecule has 5 nitrogen and oxygen atoms in total. The average molecular weight is 362 g/mol. The lowest BCUT2D eigenvalue weighted by Crippen LogP contribution is -2.52. The molecule has 4 saturated carbocycles. The molecule has 26 heavy (non-hydrogen) atoms. The van der Waals surface area contributed by atoms with Crippen molar-refractivity contribution >= 4 is 11.9 Å². The van der Waals surface area contributed by atoms with Gasteiger partial charge in [0.25, 0.3) is 0 Å². The molecule has 0 amide bonds. The number of rotatable bonds is 2. The van der Waals surface area contributed by atoms with Crippen LogP contribution in [0.3, 0.4) is 0 Å². The monoisotopic (exact) mass is 362 g/mol. The maximum atomic E-state index is 13.2. The molecule has 144 valence electrons. The number of methoxy groups -OCH3 is 2. The zero-order chi connectivity index (χ0) is 18.9. The van der Waals surface area contributed by atoms with Gasteiger partial charge in [0.1, 0.15) is 0 Å². The van der Waals surface area contributed by atoms with Crippen molar-refractivity contribution in [2.75, 3.05) is 14.2 Å². The minimum absolute atomic E-state index is 0.0991. The quantitative estimate of drug-likeness (QED) is 0.604. The number of hydrogen-bond acceptors (Lipinski definition) is 5. The van der Waals surface area contributed by atoms with Crippen LogP contribution in [-0.2, 0) is 19.1 Å². The summed E-state index contributed by atoms with van der Waals surface area (Å²) in [5, 5.41) is 10.6. The van der Waals surface area contributed by atoms with Crippen LogP contribution in [0.5, 0.6) is 0 Å². The lowest BCUT2D eigenvalue weighted by atomic mass is 9.56. The highest BCUT2D eigenvalue weighted by Crippen LogP contribution is 2.76. The van der Waals surface area contributed by atoms with E-state index in [1.165, 1.54) is 19.8 Å². The molecule has 1 N–H and O–H groups in total. The number of carbonyl (C=O) groups is 2. The third-order valence-electron chi connectivity index (χ3n) is 8.50. The Hall–Kier alpha value is -1.36. The number of aliphatic hydroxyl groups is 1. The lowest BCUT2D eigenvalue weighted by molar-refractivity contribution is -0.171. The van der Waals surface area contributed by atoms with Gasteiger partial charge < -0.3 is 14.6 Å². The second-order valence-electron chi connectivity index (χ2n) is 9.12. The van der Waals surface area contributed by atoms with Gasteiger partial charge in [-0.2, -0.15) is 0 Å². The molecule has 1 spiro atoms. The normalized spacial score (nSPS) is 49.3. The Labute approximate surface area is 155 Å². The van der Waals surface area contributed by atoms with E-state index >= 15 is 0 Å². The fourth-order valence-corrected chi connectivity index (χ4v) is 7.66. The van der Waals surface area contributed by atoms with Crippen molar-refractivity contribution in [3.05, 3.63) is 12.2 Å². The SMILES string of the molecule is C=C1C[C@]23C[C@H]1CCC2[C@]1(C(=O)OC)CC[C@H](O)C(C)C1[C@@H]3C(=O)OC. The van der Waals surface area contributed by atoms with Gasteiger partial charge >= 0.3 is 11.9 Å². The van der Waals surface area contributed by atoms with E-state index in [0.717, 1.165) is 25.7 Å². The van der Waals surface area contributed by atoms with Gasteiger partial charge in [0.05, 0.1) is 31.7 Å². The average Bonchev–Trinajstić information content (AvgIpc) is 3.05. The predicted molar refractivity (Wildman–Crippen MR) is 94.9 cm³/mol. The van der Waals surface area contributed by atoms with E-state index < -0.39 is 11.5 Å². The number of allylic oxidation sites excluding steroid dienone is 1. The van der Waals surface area contributed by atoms with Gasteiger partial charge in [-0.05, 0) is 67.6 Å². The lowest BCUT2D eigenvalue weighted by Gasteiger charge is -2.47. The first-order valence-electron chi connectivity index (χ1n) is 9.85. The van der Waals surface area contributed by atoms with Crippen molar-refractivity contribution in [1.29, 1.82) is 0 Å². The first kappa shape index (κ1) is 18.0. The Bertz CT molecular complexity index is 657. The van der Waals surface area contributed by atoms with Crippen LogP contribution in [0.15, 0.2) is 12.2 Å². The molecule has 0 radical (unpaired) electrons. The highest BCUT2D eigenvalue weighted by molar-refractivity contribution is 5.83. The summed E-state index contributed by atoms with van der Waals surface area (Å²) in [6.45, 7) is 6.28. The van der Waals surface area contributed by atoms with Crippen molar-refractivity contribution in [3.8, 4) is 0 Å². The summed E-state index contributed by atoms with van der Waals surface area (Å²) in [5.74, 6) is -0.644. The zero-order valence-corrected chi connectivity index (χ0v) is 16.0. The Balaban J connectivity index is 1.94. The Morgan fingerprint density at radius 2 is 1.92 bits per heavy atom. The minimum Gasteiger partial charge on any atom is -0.469 e. The van der Waals surface area contributed by atoms with Gasteiger partial charge in [-0.1, -0.05) is 19.1 Å². The largest absolute Gasteiger partial charge is 0.469 e. The predicted octanol–water partition coefficient (Wildman–Crippen LogP) is 2.72. The zero-order valence-electron chi connectivity index (χ0n) is 16.0. The van der Waals surface area contributed by atoms with Crippen LogP contribution in [0, 0.1) is 40.4 Å². The van der Waals surface area contributed by atoms with Crippen LogP contribution in [0.2, 0.25) is 0 Å². The van der Waals surface area contributed by atoms with Crippen molar-refractivity contribution in [1.82, 2.24) is 0 Å². The molecule has 0 aromatic rings. The molecule has 8 atom stereocenters. The summed E-state index contributed by atoms with van der Waals surface area (Å²) in [6.07, 6.45) is 4.33. The molecule has 2 bridgehead atoms. The Morgan fingerprint density at radius 1 is 1.19 bits per heavy atom. The fourth-order valence-electron chi connectivity index (χ4n) is 7.66. The van der Waals surface area contributed by atoms with Gasteiger partial charge in [-0.25, -0.2) is 0 Å². The number of fused-ring (bicyclic) bond motifs is 3. The second-order valence-corrected chi connectivity index (χ2v) is 9.12. The minimum atomic E-state index is -0.693. The fraction of sp³-hybridized carbons (Fsp3) is 0.810. The third kappa shape index (κ3) is 1.96. The van der Waals surface area contributed by atoms with Crippen molar-refractivity contribution in [2.24, 2.45) is 40.4 Å². The Kier molecular flexibility index (Phi) is 4.03. The van der Waals surface area contributed by atoms with E-state index in [0.29, 0.717) is 18.8 Å². The van der Waals surface area contributed by atoms with Crippen LogP contribution in [0.1, 0.15) is 45.4 Å². The maximum Gasteiger partial charge on any atom is 0.312 e. The molecule has 4 rings (SSSR count). The van der Waals surface area contributed by atoms with Gasteiger partial charge in [0, 0.05) is 0 Å². The van der Waals surface area contributed by atoms with E-state index in [-0.39, 0.29) is 41.0 Å². The first-order valence-corrected chi connectivity index (χ1v) is 9.85. The third-order valence-corrected chi connectivity index (χ3v) is 8.50. The van der Waals surface area contributed by atoms with Gasteiger partial charge in [-0.3, -0.25) is 9.59 Å². The number of ether oxygens (including phenoxy) is 2. The van der Waals surface area contributed by atoms with Crippen LogP contribution >= 0.6 is 0 Å². The molecule has 5 heteroatoms. The second kappa shape index (κ2) is 5.82. The van der Waals surface area contributed by atoms with E-state index in [2.05, 4.69) is 6.58 Å². The first-order chi connectivity index (χ1) is 12.3. The summed E-state index contributed by atoms with van der Waals surface area (Å²) in [5.41, 5.74) is 0.250. The van der Waals surface area contributed by atoms with Gasteiger partial charge in [-0.15, -0.1) is 0 Å². The van der Waals surface area contributed by atoms with Crippen LogP contribution in [-0.4, -0.2) is 37.4 Å². The van der Waals surface area contributed by atoms with E-state index in [9.17, 15) is 14.7 Å². The number of aliphatic hydroxyl groups excluding tert-OH is 1. The molecular formula is C21H30O5. The summed E-state index contributed by atoms with van der Waals surface area (Å²) in [6, 6.07) is 0. The van der Waals surface area contributed by atoms with E-state index in [4.69, 9.17) is 9.47 Å². The number of hydrogen-bond donors (Lipinski definition) is 1. The van der Waals surface area contributed by atoms with E-state index in [1.54, 1.807) is 0 Å². The highest BCUT2D eigenvalue weighted by Gasteiger charge is 2.76. The van der Waals surface area contributed by atoms with Crippen LogP contribution in [0.25, 0.3) is 0 Å². The Morgan fingerprint density at radius 3 is 2.58 bits per heavy atom. The van der Waals surface area contributed by atoms with Gasteiger partial charge in [0.15, 0.2) is 0 Å². The van der Waals surface area contributed by atoms with Gasteiger partial charge in [0.2, 0.25) is 0 Å². The molecule has 0 aromatic carbocycles. The van der Waals surface area contributed by atoms with Crippen molar-refractivity contribution in [3.63, 3.8) is 0 Å². The number of esters is 2. The van der Waals surface area contributed by atoms with E-state index in [1.807, 2.05) is 6.92 Å². The standard InChI is InChI=1S/C21H30O5/c1-11-9-20-10-13(11)5-6-15(20)21(19(24)26-4)8-7-14(22)12(2)16(21)17(20)18(23)25-3/h12-17,22H,1,5-10H2,2-4H3/t12?,13-,14+,15?,16?,17-,20+,21-/m1/s1. The number of carbonyl (C=O) groups excluding carboxylic acids is 2. The molecule has 4 aliphatic carbocycles. The van der Waals surface area contributed by atoms with Crippen molar-refractivity contribution < 1.29 is 24.2 Å². The van der Waals surface area contributed by atoms with Crippen LogP contribution in [0.4, 0.5) is 0 Å². The summed E-state index contributed by atoms with van der Waals surface area (Å²) in [4.78, 5) is 26.2. The van der Waals surface area contributed by atoms with Crippen LogP contribution < -0.4 is 0 Å². The maximum absolute atomic E-state index is 13.2. The summed E-state index contributed by atoms with van der Waals surface area (Å²) >= 11 is 0. The highest BCUT2D eigenvalue weighted by atomic mass is 16.5. The summed E-state index contributed by atoms with van der Waals surface area (Å²) < 4.78 is 10.6. The molecule has 3 unspecified atom stereocenters. The molecular weight excluding hydrogens is 332 g/mol. The molecule has 0 saturated heterocycles. The topological polar surface area (TPSA) is 72.8 Å².